The molecule has 0 unspecified atom stereocenters. The summed E-state index contributed by atoms with van der Waals surface area (Å²) < 4.78 is 2.96. The van der Waals surface area contributed by atoms with Crippen molar-refractivity contribution in [2.75, 3.05) is 16.8 Å². The molecule has 23 heavy (non-hydrogen) atoms. The number of thioether (sulfide) groups is 2. The molecule has 1 aromatic carbocycles. The zero-order chi connectivity index (χ0) is 16.2. The number of benzene rings is 1. The quantitative estimate of drug-likeness (QED) is 0.531. The summed E-state index contributed by atoms with van der Waals surface area (Å²) in [5.74, 6) is 1.23. The minimum absolute atomic E-state index is 0.0628. The van der Waals surface area contributed by atoms with Crippen LogP contribution in [0, 0.1) is 0 Å². The molecule has 0 saturated heterocycles. The van der Waals surface area contributed by atoms with Gasteiger partial charge in [-0.1, -0.05) is 48.2 Å². The second kappa shape index (κ2) is 7.37. The van der Waals surface area contributed by atoms with Crippen LogP contribution in [-0.2, 0) is 11.8 Å². The van der Waals surface area contributed by atoms with Gasteiger partial charge in [-0.3, -0.25) is 10.1 Å². The van der Waals surface area contributed by atoms with E-state index < -0.39 is 0 Å². The third kappa shape index (κ3) is 3.88. The van der Waals surface area contributed by atoms with Crippen LogP contribution in [0.3, 0.4) is 0 Å². The summed E-state index contributed by atoms with van der Waals surface area (Å²) >= 11 is 4.57. The first-order valence-electron chi connectivity index (χ1n) is 7.10. The van der Waals surface area contributed by atoms with Gasteiger partial charge < -0.3 is 4.57 Å². The zero-order valence-corrected chi connectivity index (χ0v) is 15.2. The molecular weight excluding hydrogens is 348 g/mol. The number of para-hydroxylation sites is 1. The van der Waals surface area contributed by atoms with E-state index in [4.69, 9.17) is 0 Å². The second-order valence-electron chi connectivity index (χ2n) is 4.76. The Balaban J connectivity index is 1.61. The molecular formula is C15H16N4OS3. The molecule has 0 radical (unpaired) electrons. The lowest BCUT2D eigenvalue weighted by Crippen LogP contribution is -2.13. The van der Waals surface area contributed by atoms with Gasteiger partial charge in [0.15, 0.2) is 4.34 Å². The third-order valence-electron chi connectivity index (χ3n) is 3.14. The summed E-state index contributed by atoms with van der Waals surface area (Å²) in [5.41, 5.74) is 1.17. The van der Waals surface area contributed by atoms with Crippen LogP contribution in [0.5, 0.6) is 0 Å². The molecule has 0 saturated carbocycles. The van der Waals surface area contributed by atoms with Crippen molar-refractivity contribution >= 4 is 56.8 Å². The van der Waals surface area contributed by atoms with E-state index in [0.717, 1.165) is 15.0 Å². The largest absolute Gasteiger partial charge is 0.349 e. The van der Waals surface area contributed by atoms with Gasteiger partial charge in [-0.05, 0) is 11.8 Å². The van der Waals surface area contributed by atoms with Gasteiger partial charge in [0.1, 0.15) is 0 Å². The van der Waals surface area contributed by atoms with Crippen LogP contribution in [0.4, 0.5) is 5.13 Å². The van der Waals surface area contributed by atoms with E-state index in [0.29, 0.717) is 10.9 Å². The number of aromatic nitrogens is 3. The summed E-state index contributed by atoms with van der Waals surface area (Å²) in [7, 11) is 2.01. The number of hydrogen-bond acceptors (Lipinski definition) is 6. The molecule has 0 spiro atoms. The Labute approximate surface area is 146 Å². The number of carbonyl (C=O) groups is 1. The van der Waals surface area contributed by atoms with E-state index in [-0.39, 0.29) is 5.91 Å². The van der Waals surface area contributed by atoms with Crippen molar-refractivity contribution in [2.24, 2.45) is 7.05 Å². The number of amides is 1. The van der Waals surface area contributed by atoms with Gasteiger partial charge in [0.25, 0.3) is 0 Å². The number of rotatable bonds is 6. The third-order valence-corrected chi connectivity index (χ3v) is 6.04. The molecule has 0 atom stereocenters. The molecule has 0 bridgehead atoms. The lowest BCUT2D eigenvalue weighted by atomic mass is 10.2. The first kappa shape index (κ1) is 16.4. The fourth-order valence-corrected chi connectivity index (χ4v) is 4.74. The number of fused-ring (bicyclic) bond motifs is 1. The number of carbonyl (C=O) groups excluding carboxylic acids is 1. The summed E-state index contributed by atoms with van der Waals surface area (Å²) in [6, 6.07) is 8.19. The Hall–Kier alpha value is -1.51. The maximum atomic E-state index is 12.1. The van der Waals surface area contributed by atoms with Crippen LogP contribution < -0.4 is 5.32 Å². The molecule has 2 aromatic heterocycles. The highest BCUT2D eigenvalue weighted by molar-refractivity contribution is 8.01. The molecule has 120 valence electrons. The molecule has 1 N–H and O–H groups in total. The zero-order valence-electron chi connectivity index (χ0n) is 12.8. The van der Waals surface area contributed by atoms with Crippen molar-refractivity contribution in [3.05, 3.63) is 30.5 Å². The van der Waals surface area contributed by atoms with Gasteiger partial charge >= 0.3 is 0 Å². The minimum Gasteiger partial charge on any atom is -0.349 e. The summed E-state index contributed by atoms with van der Waals surface area (Å²) in [6.07, 6.45) is 2.06. The highest BCUT2D eigenvalue weighted by atomic mass is 32.2. The van der Waals surface area contributed by atoms with Crippen LogP contribution in [-0.4, -0.2) is 32.2 Å². The Morgan fingerprint density at radius 2 is 2.13 bits per heavy atom. The van der Waals surface area contributed by atoms with Gasteiger partial charge in [-0.15, -0.1) is 22.0 Å². The summed E-state index contributed by atoms with van der Waals surface area (Å²) in [4.78, 5) is 13.2. The molecule has 0 aliphatic carbocycles. The lowest BCUT2D eigenvalue weighted by Gasteiger charge is -2.00. The van der Waals surface area contributed by atoms with Gasteiger partial charge in [-0.2, -0.15) is 0 Å². The highest BCUT2D eigenvalue weighted by Gasteiger charge is 2.11. The maximum Gasteiger partial charge on any atom is 0.236 e. The predicted molar refractivity (Wildman–Crippen MR) is 98.6 cm³/mol. The second-order valence-corrected chi connectivity index (χ2v) is 8.27. The van der Waals surface area contributed by atoms with Gasteiger partial charge in [0, 0.05) is 29.0 Å². The van der Waals surface area contributed by atoms with Gasteiger partial charge in [0.05, 0.1) is 5.75 Å². The van der Waals surface area contributed by atoms with Crippen molar-refractivity contribution < 1.29 is 4.79 Å². The van der Waals surface area contributed by atoms with Crippen LogP contribution in [0.25, 0.3) is 10.9 Å². The SMILES string of the molecule is CCSc1nnc(NC(=O)CSc2cn(C)c3ccccc23)s1. The van der Waals surface area contributed by atoms with Crippen LogP contribution >= 0.6 is 34.9 Å². The van der Waals surface area contributed by atoms with Crippen molar-refractivity contribution in [3.8, 4) is 0 Å². The van der Waals surface area contributed by atoms with E-state index in [1.165, 1.54) is 34.0 Å². The van der Waals surface area contributed by atoms with Gasteiger partial charge in [-0.25, -0.2) is 0 Å². The molecule has 0 fully saturated rings. The lowest BCUT2D eigenvalue weighted by molar-refractivity contribution is -0.113. The average molecular weight is 365 g/mol. The average Bonchev–Trinajstić information content (AvgIpc) is 3.11. The van der Waals surface area contributed by atoms with Gasteiger partial charge in [0.2, 0.25) is 11.0 Å². The summed E-state index contributed by atoms with van der Waals surface area (Å²) in [6.45, 7) is 2.06. The van der Waals surface area contributed by atoms with E-state index in [2.05, 4.69) is 45.3 Å². The first-order chi connectivity index (χ1) is 11.2. The molecule has 8 heteroatoms. The summed E-state index contributed by atoms with van der Waals surface area (Å²) in [5, 5.41) is 12.6. The Morgan fingerprint density at radius 1 is 1.30 bits per heavy atom. The number of nitrogens with zero attached hydrogens (tertiary/aromatic N) is 3. The standard InChI is InChI=1S/C15H16N4OS3/c1-3-21-15-18-17-14(23-15)16-13(20)9-22-12-8-19(2)11-7-5-4-6-10(11)12/h4-8H,3,9H2,1-2H3,(H,16,17,20). The number of nitrogens with one attached hydrogen (secondary N) is 1. The highest BCUT2D eigenvalue weighted by Crippen LogP contribution is 2.30. The molecule has 1 amide bonds. The smallest absolute Gasteiger partial charge is 0.236 e. The van der Waals surface area contributed by atoms with E-state index in [1.807, 2.05) is 19.2 Å². The number of anilines is 1. The Morgan fingerprint density at radius 3 is 2.96 bits per heavy atom. The molecule has 2 heterocycles. The Kier molecular flexibility index (Phi) is 5.24. The number of hydrogen-bond donors (Lipinski definition) is 1. The van der Waals surface area contributed by atoms with E-state index in [1.54, 1.807) is 11.8 Å². The molecule has 5 nitrogen and oxygen atoms in total. The predicted octanol–water partition coefficient (Wildman–Crippen LogP) is 3.87. The van der Waals surface area contributed by atoms with Crippen molar-refractivity contribution in [2.45, 2.75) is 16.2 Å². The monoisotopic (exact) mass is 364 g/mol. The molecule has 0 aliphatic heterocycles. The number of aryl methyl sites for hydroxylation is 1. The molecule has 3 rings (SSSR count). The normalized spacial score (nSPS) is 11.0. The van der Waals surface area contributed by atoms with E-state index in [9.17, 15) is 4.79 Å². The van der Waals surface area contributed by atoms with Crippen molar-refractivity contribution in [1.82, 2.24) is 14.8 Å². The molecule has 0 aliphatic rings. The van der Waals surface area contributed by atoms with E-state index >= 15 is 0 Å². The topological polar surface area (TPSA) is 59.8 Å². The fraction of sp³-hybridized carbons (Fsp3) is 0.267. The first-order valence-corrected chi connectivity index (χ1v) is 9.89. The maximum absolute atomic E-state index is 12.1. The van der Waals surface area contributed by atoms with Crippen molar-refractivity contribution in [3.63, 3.8) is 0 Å². The van der Waals surface area contributed by atoms with Crippen molar-refractivity contribution in [1.29, 1.82) is 0 Å². The van der Waals surface area contributed by atoms with Crippen LogP contribution in [0.1, 0.15) is 6.92 Å². The molecule has 3 aromatic rings. The fourth-order valence-electron chi connectivity index (χ4n) is 2.16. The minimum atomic E-state index is -0.0628. The van der Waals surface area contributed by atoms with Crippen LogP contribution in [0.2, 0.25) is 0 Å². The van der Waals surface area contributed by atoms with Crippen LogP contribution in [0.15, 0.2) is 39.7 Å². The Bertz CT molecular complexity index is 827.